The third-order valence-corrected chi connectivity index (χ3v) is 4.11. The van der Waals surface area contributed by atoms with E-state index in [1.54, 1.807) is 19.2 Å². The number of nitrogens with one attached hydrogen (secondary N) is 2. The smallest absolute Gasteiger partial charge is 0.254 e. The van der Waals surface area contributed by atoms with Crippen LogP contribution in [0.3, 0.4) is 0 Å². The fourth-order valence-corrected chi connectivity index (χ4v) is 2.57. The number of carbonyl (C=O) groups excluding carboxylic acids is 1. The zero-order valence-electron chi connectivity index (χ0n) is 15.5. The number of hydrogen-bond acceptors (Lipinski definition) is 5. The van der Waals surface area contributed by atoms with Crippen molar-refractivity contribution >= 4 is 11.9 Å². The van der Waals surface area contributed by atoms with Crippen LogP contribution in [0.15, 0.2) is 60.9 Å². The van der Waals surface area contributed by atoms with Gasteiger partial charge in [0.25, 0.3) is 5.91 Å². The van der Waals surface area contributed by atoms with E-state index in [1.807, 2.05) is 24.3 Å². The van der Waals surface area contributed by atoms with E-state index in [2.05, 4.69) is 20.6 Å². The molecule has 3 aromatic rings. The molecule has 0 spiro atoms. The molecule has 1 amide bonds. The summed E-state index contributed by atoms with van der Waals surface area (Å²) in [5.74, 6) is 0.688. The van der Waals surface area contributed by atoms with Gasteiger partial charge in [0.05, 0.1) is 12.7 Å². The highest BCUT2D eigenvalue weighted by Crippen LogP contribution is 2.13. The van der Waals surface area contributed by atoms with Gasteiger partial charge in [-0.05, 0) is 41.8 Å². The zero-order valence-corrected chi connectivity index (χ0v) is 15.5. The Kier molecular flexibility index (Phi) is 6.51. The maximum Gasteiger partial charge on any atom is 0.254 e. The van der Waals surface area contributed by atoms with Gasteiger partial charge in [0.2, 0.25) is 5.95 Å². The first-order valence-corrected chi connectivity index (χ1v) is 8.85. The maximum atomic E-state index is 12.9. The summed E-state index contributed by atoms with van der Waals surface area (Å²) in [6, 6.07) is 13.8. The molecular formula is C21H21FN4O2. The van der Waals surface area contributed by atoms with Gasteiger partial charge >= 0.3 is 0 Å². The molecule has 1 heterocycles. The number of nitrogens with zero attached hydrogens (tertiary/aromatic N) is 2. The zero-order chi connectivity index (χ0) is 19.8. The van der Waals surface area contributed by atoms with Crippen LogP contribution in [-0.2, 0) is 13.0 Å². The van der Waals surface area contributed by atoms with E-state index in [0.717, 1.165) is 23.3 Å². The molecule has 0 aliphatic carbocycles. The molecule has 2 N–H and O–H groups in total. The Balaban J connectivity index is 1.47. The number of amides is 1. The Morgan fingerprint density at radius 3 is 2.54 bits per heavy atom. The average molecular weight is 380 g/mol. The molecule has 28 heavy (non-hydrogen) atoms. The molecule has 0 saturated carbocycles. The van der Waals surface area contributed by atoms with Crippen molar-refractivity contribution in [3.05, 3.63) is 83.4 Å². The molecule has 0 saturated heterocycles. The van der Waals surface area contributed by atoms with Crippen molar-refractivity contribution in [3.8, 4) is 5.75 Å². The van der Waals surface area contributed by atoms with Crippen molar-refractivity contribution in [1.29, 1.82) is 0 Å². The monoisotopic (exact) mass is 380 g/mol. The first-order chi connectivity index (χ1) is 13.6. The van der Waals surface area contributed by atoms with Crippen molar-refractivity contribution in [2.75, 3.05) is 19.0 Å². The van der Waals surface area contributed by atoms with Gasteiger partial charge in [-0.25, -0.2) is 14.4 Å². The molecule has 0 radical (unpaired) electrons. The first kappa shape index (κ1) is 19.3. The third-order valence-electron chi connectivity index (χ3n) is 4.11. The molecule has 2 aromatic carbocycles. The second-order valence-electron chi connectivity index (χ2n) is 6.13. The number of halogens is 1. The van der Waals surface area contributed by atoms with E-state index < -0.39 is 0 Å². The van der Waals surface area contributed by atoms with Crippen molar-refractivity contribution < 1.29 is 13.9 Å². The summed E-state index contributed by atoms with van der Waals surface area (Å²) in [4.78, 5) is 20.5. The number of hydrogen-bond donors (Lipinski definition) is 2. The lowest BCUT2D eigenvalue weighted by atomic mass is 10.1. The number of carbonyl (C=O) groups is 1. The van der Waals surface area contributed by atoms with Crippen LogP contribution in [0.25, 0.3) is 0 Å². The van der Waals surface area contributed by atoms with Crippen molar-refractivity contribution in [2.24, 2.45) is 0 Å². The van der Waals surface area contributed by atoms with Crippen LogP contribution >= 0.6 is 0 Å². The van der Waals surface area contributed by atoms with E-state index in [1.165, 1.54) is 24.5 Å². The first-order valence-electron chi connectivity index (χ1n) is 8.85. The topological polar surface area (TPSA) is 76.1 Å². The highest BCUT2D eigenvalue weighted by atomic mass is 19.1. The van der Waals surface area contributed by atoms with Crippen molar-refractivity contribution in [2.45, 2.75) is 13.0 Å². The van der Waals surface area contributed by atoms with Crippen molar-refractivity contribution in [1.82, 2.24) is 15.3 Å². The molecule has 6 nitrogen and oxygen atoms in total. The molecule has 7 heteroatoms. The van der Waals surface area contributed by atoms with Crippen LogP contribution in [0.5, 0.6) is 5.75 Å². The molecule has 144 valence electrons. The minimum Gasteiger partial charge on any atom is -0.497 e. The fourth-order valence-electron chi connectivity index (χ4n) is 2.57. The fraction of sp³-hybridized carbons (Fsp3) is 0.190. The number of aromatic nitrogens is 2. The number of ether oxygens (including phenoxy) is 1. The van der Waals surface area contributed by atoms with Crippen LogP contribution in [0.1, 0.15) is 21.5 Å². The molecular weight excluding hydrogens is 359 g/mol. The summed E-state index contributed by atoms with van der Waals surface area (Å²) in [7, 11) is 1.64. The highest BCUT2D eigenvalue weighted by molar-refractivity contribution is 5.93. The molecule has 1 aromatic heterocycles. The van der Waals surface area contributed by atoms with E-state index in [-0.39, 0.29) is 11.7 Å². The van der Waals surface area contributed by atoms with Gasteiger partial charge in [-0.3, -0.25) is 4.79 Å². The summed E-state index contributed by atoms with van der Waals surface area (Å²) in [6.07, 6.45) is 3.74. The van der Waals surface area contributed by atoms with Gasteiger partial charge in [0.1, 0.15) is 11.6 Å². The summed E-state index contributed by atoms with van der Waals surface area (Å²) in [5.41, 5.74) is 2.32. The minimum atomic E-state index is -0.307. The largest absolute Gasteiger partial charge is 0.497 e. The summed E-state index contributed by atoms with van der Waals surface area (Å²) in [5, 5.41) is 5.89. The van der Waals surface area contributed by atoms with Crippen LogP contribution in [0.4, 0.5) is 10.3 Å². The Morgan fingerprint density at radius 2 is 1.82 bits per heavy atom. The third kappa shape index (κ3) is 5.51. The van der Waals surface area contributed by atoms with E-state index in [9.17, 15) is 9.18 Å². The number of benzene rings is 2. The van der Waals surface area contributed by atoms with E-state index in [4.69, 9.17) is 4.74 Å². The van der Waals surface area contributed by atoms with Crippen molar-refractivity contribution in [3.63, 3.8) is 0 Å². The standard InChI is InChI=1S/C21H21FN4O2/c1-28-19-4-2-3-15(11-19)9-10-23-21-25-13-17(14-26-21)20(27)24-12-16-5-7-18(22)8-6-16/h2-8,11,13-14H,9-10,12H2,1H3,(H,24,27)(H,23,25,26). The van der Waals surface area contributed by atoms with Gasteiger partial charge in [-0.1, -0.05) is 24.3 Å². The Morgan fingerprint density at radius 1 is 1.07 bits per heavy atom. The van der Waals surface area contributed by atoms with Crippen LogP contribution < -0.4 is 15.4 Å². The number of methoxy groups -OCH3 is 1. The molecule has 0 bridgehead atoms. The van der Waals surface area contributed by atoms with E-state index >= 15 is 0 Å². The normalized spacial score (nSPS) is 10.4. The Bertz CT molecular complexity index is 914. The molecule has 0 aliphatic rings. The second-order valence-corrected chi connectivity index (χ2v) is 6.13. The van der Waals surface area contributed by atoms with Crippen LogP contribution in [-0.4, -0.2) is 29.5 Å². The predicted octanol–water partition coefficient (Wildman–Crippen LogP) is 3.21. The lowest BCUT2D eigenvalue weighted by Gasteiger charge is -2.08. The van der Waals surface area contributed by atoms with Gasteiger partial charge < -0.3 is 15.4 Å². The van der Waals surface area contributed by atoms with Gasteiger partial charge in [0.15, 0.2) is 0 Å². The van der Waals surface area contributed by atoms with Gasteiger partial charge in [0, 0.05) is 25.5 Å². The summed E-state index contributed by atoms with van der Waals surface area (Å²) in [6.45, 7) is 0.961. The minimum absolute atomic E-state index is 0.285. The van der Waals surface area contributed by atoms with E-state index in [0.29, 0.717) is 24.6 Å². The lowest BCUT2D eigenvalue weighted by molar-refractivity contribution is 0.0950. The van der Waals surface area contributed by atoms with Crippen LogP contribution in [0, 0.1) is 5.82 Å². The molecule has 0 aliphatic heterocycles. The lowest BCUT2D eigenvalue weighted by Crippen LogP contribution is -2.23. The maximum absolute atomic E-state index is 12.9. The van der Waals surface area contributed by atoms with Gasteiger partial charge in [-0.15, -0.1) is 0 Å². The second kappa shape index (κ2) is 9.45. The summed E-state index contributed by atoms with van der Waals surface area (Å²) >= 11 is 0. The van der Waals surface area contributed by atoms with Crippen LogP contribution in [0.2, 0.25) is 0 Å². The Hall–Kier alpha value is -3.48. The molecule has 0 unspecified atom stereocenters. The quantitative estimate of drug-likeness (QED) is 0.628. The molecule has 3 rings (SSSR count). The Labute approximate surface area is 162 Å². The summed E-state index contributed by atoms with van der Waals surface area (Å²) < 4.78 is 18.1. The predicted molar refractivity (Wildman–Crippen MR) is 105 cm³/mol. The SMILES string of the molecule is COc1cccc(CCNc2ncc(C(=O)NCc3ccc(F)cc3)cn2)c1. The number of rotatable bonds is 8. The number of anilines is 1. The highest BCUT2D eigenvalue weighted by Gasteiger charge is 2.07. The molecule has 0 atom stereocenters. The average Bonchev–Trinajstić information content (AvgIpc) is 2.74. The van der Waals surface area contributed by atoms with Gasteiger partial charge in [-0.2, -0.15) is 0 Å². The molecule has 0 fully saturated rings.